The maximum absolute atomic E-state index is 12.0. The minimum Gasteiger partial charge on any atom is -0.487 e. The van der Waals surface area contributed by atoms with Crippen molar-refractivity contribution in [2.45, 2.75) is 181 Å². The molecular formula is C42H77NO5S. The molecule has 0 atom stereocenters. The van der Waals surface area contributed by atoms with Crippen molar-refractivity contribution >= 4 is 29.2 Å². The third kappa shape index (κ3) is 37.4. The number of hydrogen-bond donors (Lipinski definition) is 0. The molecule has 0 heterocycles. The number of nitrogens with zero attached hydrogens (tertiary/aromatic N) is 1. The van der Waals surface area contributed by atoms with Gasteiger partial charge < -0.3 is 19.1 Å². The van der Waals surface area contributed by atoms with Crippen molar-refractivity contribution in [2.75, 3.05) is 40.5 Å². The Morgan fingerprint density at radius 3 is 1.47 bits per heavy atom. The second-order valence-corrected chi connectivity index (χ2v) is 14.5. The second-order valence-electron chi connectivity index (χ2n) is 14.1. The highest BCUT2D eigenvalue weighted by molar-refractivity contribution is 7.80. The van der Waals surface area contributed by atoms with E-state index in [2.05, 4.69) is 45.0 Å². The fourth-order valence-electron chi connectivity index (χ4n) is 5.78. The summed E-state index contributed by atoms with van der Waals surface area (Å²) in [5.41, 5.74) is 0. The maximum atomic E-state index is 12.0. The molecule has 0 aromatic heterocycles. The van der Waals surface area contributed by atoms with Crippen LogP contribution in [0.2, 0.25) is 0 Å². The molecule has 0 bridgehead atoms. The monoisotopic (exact) mass is 708 g/mol. The van der Waals surface area contributed by atoms with Crippen LogP contribution in [0.3, 0.4) is 0 Å². The molecule has 286 valence electrons. The highest BCUT2D eigenvalue weighted by atomic mass is 32.1. The van der Waals surface area contributed by atoms with E-state index in [1.54, 1.807) is 0 Å². The Hall–Kier alpha value is -1.73. The topological polar surface area (TPSA) is 65.1 Å². The normalized spacial score (nSPS) is 11.7. The lowest BCUT2D eigenvalue weighted by atomic mass is 9.94. The van der Waals surface area contributed by atoms with Crippen LogP contribution in [0.1, 0.15) is 181 Å². The quantitative estimate of drug-likeness (QED) is 0.0278. The molecule has 0 amide bonds. The number of thiocarbonyl (C=S) groups is 1. The standard InChI is InChI=1S/C42H77NO5S/c1-5-7-9-11-13-21-27-36-46-40(44)32-25-19-15-17-23-30-39(38-48-42(49)34-29-35-43(3)4)31-24-18-16-20-26-33-41(45)47-37-28-22-14-12-10-8-6-2/h21-22,27-28,39H,5-20,23-26,29-38H2,1-4H3/b27-21-,28-22-. The number of rotatable bonds is 36. The van der Waals surface area contributed by atoms with E-state index in [0.29, 0.717) is 32.0 Å². The van der Waals surface area contributed by atoms with Crippen molar-refractivity contribution in [2.24, 2.45) is 5.92 Å². The van der Waals surface area contributed by atoms with E-state index in [-0.39, 0.29) is 11.9 Å². The van der Waals surface area contributed by atoms with Gasteiger partial charge in [-0.15, -0.1) is 0 Å². The first-order valence-corrected chi connectivity index (χ1v) is 20.7. The average Bonchev–Trinajstić information content (AvgIpc) is 3.08. The third-order valence-corrected chi connectivity index (χ3v) is 9.24. The fraction of sp³-hybridized carbons (Fsp3) is 0.833. The Labute approximate surface area is 308 Å². The van der Waals surface area contributed by atoms with E-state index >= 15 is 0 Å². The number of carbonyl (C=O) groups is 2. The number of esters is 2. The SMILES string of the molecule is CCCCCC/C=C\COC(=O)CCCCCCCC(CCCCCCCC(=O)OC/C=C\CCCCCC)COC(=S)CCCN(C)C. The van der Waals surface area contributed by atoms with Gasteiger partial charge in [0, 0.05) is 19.3 Å². The van der Waals surface area contributed by atoms with Crippen molar-refractivity contribution in [1.29, 1.82) is 0 Å². The molecule has 0 unspecified atom stereocenters. The lowest BCUT2D eigenvalue weighted by Crippen LogP contribution is -2.16. The summed E-state index contributed by atoms with van der Waals surface area (Å²) in [5.74, 6) is 0.368. The number of carbonyl (C=O) groups excluding carboxylic acids is 2. The molecule has 0 aliphatic carbocycles. The van der Waals surface area contributed by atoms with Gasteiger partial charge in [0.2, 0.25) is 0 Å². The Kier molecular flexibility index (Phi) is 36.2. The average molecular weight is 708 g/mol. The van der Waals surface area contributed by atoms with E-state index in [1.807, 2.05) is 12.2 Å². The molecule has 6 nitrogen and oxygen atoms in total. The summed E-state index contributed by atoms with van der Waals surface area (Å²) in [5, 5.41) is 0.746. The summed E-state index contributed by atoms with van der Waals surface area (Å²) in [6.07, 6.45) is 36.7. The number of hydrogen-bond acceptors (Lipinski definition) is 7. The van der Waals surface area contributed by atoms with E-state index in [1.165, 1.54) is 77.0 Å². The highest BCUT2D eigenvalue weighted by Crippen LogP contribution is 2.20. The molecule has 0 rings (SSSR count). The summed E-state index contributed by atoms with van der Waals surface area (Å²) < 4.78 is 16.8. The van der Waals surface area contributed by atoms with Crippen LogP contribution in [0.5, 0.6) is 0 Å². The first-order valence-electron chi connectivity index (χ1n) is 20.3. The first kappa shape index (κ1) is 47.3. The van der Waals surface area contributed by atoms with Crippen LogP contribution < -0.4 is 0 Å². The van der Waals surface area contributed by atoms with Gasteiger partial charge in [0.1, 0.15) is 13.2 Å². The van der Waals surface area contributed by atoms with Gasteiger partial charge in [0.05, 0.1) is 6.61 Å². The van der Waals surface area contributed by atoms with Gasteiger partial charge in [-0.2, -0.15) is 0 Å². The lowest BCUT2D eigenvalue weighted by molar-refractivity contribution is -0.143. The van der Waals surface area contributed by atoms with Crippen LogP contribution in [0.4, 0.5) is 0 Å². The zero-order valence-electron chi connectivity index (χ0n) is 32.5. The maximum Gasteiger partial charge on any atom is 0.306 e. The molecule has 0 aliphatic heterocycles. The zero-order valence-corrected chi connectivity index (χ0v) is 33.3. The van der Waals surface area contributed by atoms with Crippen molar-refractivity contribution in [3.05, 3.63) is 24.3 Å². The Morgan fingerprint density at radius 2 is 1.00 bits per heavy atom. The minimum absolute atomic E-state index is 0.0782. The molecule has 0 N–H and O–H groups in total. The van der Waals surface area contributed by atoms with Gasteiger partial charge in [0.25, 0.3) is 0 Å². The summed E-state index contributed by atoms with van der Waals surface area (Å²) in [6.45, 7) is 7.00. The summed E-state index contributed by atoms with van der Waals surface area (Å²) >= 11 is 5.53. The van der Waals surface area contributed by atoms with Crippen LogP contribution in [-0.4, -0.2) is 62.3 Å². The summed E-state index contributed by atoms with van der Waals surface area (Å²) in [7, 11) is 4.17. The molecule has 0 aromatic carbocycles. The van der Waals surface area contributed by atoms with Crippen molar-refractivity contribution < 1.29 is 23.8 Å². The van der Waals surface area contributed by atoms with Gasteiger partial charge >= 0.3 is 11.9 Å². The van der Waals surface area contributed by atoms with Crippen molar-refractivity contribution in [3.8, 4) is 0 Å². The van der Waals surface area contributed by atoms with E-state index in [4.69, 9.17) is 26.4 Å². The number of unbranched alkanes of at least 4 members (excludes halogenated alkanes) is 16. The van der Waals surface area contributed by atoms with Crippen LogP contribution in [0.15, 0.2) is 24.3 Å². The molecule has 7 heteroatoms. The number of ether oxygens (including phenoxy) is 3. The molecule has 0 radical (unpaired) electrons. The Balaban J connectivity index is 4.14. The molecular weight excluding hydrogens is 631 g/mol. The van der Waals surface area contributed by atoms with Gasteiger partial charge in [-0.3, -0.25) is 9.59 Å². The Morgan fingerprint density at radius 1 is 0.551 bits per heavy atom. The molecule has 0 aromatic rings. The largest absolute Gasteiger partial charge is 0.487 e. The summed E-state index contributed by atoms with van der Waals surface area (Å²) in [4.78, 5) is 26.2. The van der Waals surface area contributed by atoms with Crippen LogP contribution in [-0.2, 0) is 23.8 Å². The minimum atomic E-state index is -0.0782. The summed E-state index contributed by atoms with van der Waals surface area (Å²) in [6, 6.07) is 0. The first-order chi connectivity index (χ1) is 23.9. The van der Waals surface area contributed by atoms with Gasteiger partial charge in [0.15, 0.2) is 5.05 Å². The third-order valence-electron chi connectivity index (χ3n) is 8.92. The molecule has 0 saturated heterocycles. The van der Waals surface area contributed by atoms with Gasteiger partial charge in [-0.25, -0.2) is 0 Å². The van der Waals surface area contributed by atoms with Crippen molar-refractivity contribution in [3.63, 3.8) is 0 Å². The predicted octanol–water partition coefficient (Wildman–Crippen LogP) is 11.9. The van der Waals surface area contributed by atoms with Crippen LogP contribution >= 0.6 is 12.2 Å². The molecule has 0 saturated carbocycles. The fourth-order valence-corrected chi connectivity index (χ4v) is 5.99. The molecule has 0 spiro atoms. The van der Waals surface area contributed by atoms with E-state index in [0.717, 1.165) is 95.3 Å². The number of allylic oxidation sites excluding steroid dienone is 2. The van der Waals surface area contributed by atoms with Gasteiger partial charge in [-0.1, -0.05) is 128 Å². The van der Waals surface area contributed by atoms with E-state index < -0.39 is 0 Å². The van der Waals surface area contributed by atoms with Gasteiger partial charge in [-0.05, 0) is 96.6 Å². The van der Waals surface area contributed by atoms with Crippen LogP contribution in [0.25, 0.3) is 0 Å². The second kappa shape index (κ2) is 37.5. The van der Waals surface area contributed by atoms with E-state index in [9.17, 15) is 9.59 Å². The molecule has 0 aliphatic rings. The molecule has 49 heavy (non-hydrogen) atoms. The molecule has 0 fully saturated rings. The Bertz CT molecular complexity index is 776. The lowest BCUT2D eigenvalue weighted by Gasteiger charge is -2.18. The zero-order chi connectivity index (χ0) is 36.0. The smallest absolute Gasteiger partial charge is 0.306 e. The van der Waals surface area contributed by atoms with Crippen LogP contribution in [0, 0.1) is 5.92 Å². The predicted molar refractivity (Wildman–Crippen MR) is 212 cm³/mol. The van der Waals surface area contributed by atoms with Crippen molar-refractivity contribution in [1.82, 2.24) is 4.90 Å². The highest BCUT2D eigenvalue weighted by Gasteiger charge is 2.12.